The summed E-state index contributed by atoms with van der Waals surface area (Å²) in [5.41, 5.74) is 2.43. The highest BCUT2D eigenvalue weighted by Crippen LogP contribution is 2.23. The second-order valence-electron chi connectivity index (χ2n) is 6.89. The zero-order chi connectivity index (χ0) is 21.6. The molecule has 5 nitrogen and oxygen atoms in total. The predicted octanol–water partition coefficient (Wildman–Crippen LogP) is 4.20. The van der Waals surface area contributed by atoms with Crippen LogP contribution in [0.2, 0.25) is 5.02 Å². The van der Waals surface area contributed by atoms with Gasteiger partial charge in [-0.3, -0.25) is 9.10 Å². The Morgan fingerprint density at radius 3 is 2.20 bits per heavy atom. The second kappa shape index (κ2) is 9.78. The standard InChI is InChI=1S/C23H23ClN2O3S/c1-18-7-13-22(14-8-18)30(28,29)26(21-5-3-2-4-6-21)17-23(27)25-16-15-19-9-11-20(24)12-10-19/h2-14H,15-17H2,1H3,(H,25,27). The van der Waals surface area contributed by atoms with E-state index in [0.717, 1.165) is 15.4 Å². The highest BCUT2D eigenvalue weighted by molar-refractivity contribution is 7.92. The molecule has 0 aliphatic carbocycles. The Labute approximate surface area is 182 Å². The van der Waals surface area contributed by atoms with E-state index in [1.54, 1.807) is 66.7 Å². The van der Waals surface area contributed by atoms with E-state index < -0.39 is 10.0 Å². The van der Waals surface area contributed by atoms with Gasteiger partial charge in [-0.1, -0.05) is 59.6 Å². The van der Waals surface area contributed by atoms with Gasteiger partial charge in [-0.2, -0.15) is 0 Å². The van der Waals surface area contributed by atoms with Gasteiger partial charge in [-0.05, 0) is 55.3 Å². The van der Waals surface area contributed by atoms with E-state index in [2.05, 4.69) is 5.32 Å². The molecule has 1 amide bonds. The molecule has 1 N–H and O–H groups in total. The molecule has 0 saturated carbocycles. The van der Waals surface area contributed by atoms with Crippen molar-refractivity contribution in [3.63, 3.8) is 0 Å². The van der Waals surface area contributed by atoms with Gasteiger partial charge in [0.1, 0.15) is 6.54 Å². The average Bonchev–Trinajstić information content (AvgIpc) is 2.74. The number of nitrogens with zero attached hydrogens (tertiary/aromatic N) is 1. The summed E-state index contributed by atoms with van der Waals surface area (Å²) in [7, 11) is -3.89. The zero-order valence-electron chi connectivity index (χ0n) is 16.6. The summed E-state index contributed by atoms with van der Waals surface area (Å²) in [6.45, 7) is 1.98. The first kappa shape index (κ1) is 21.9. The van der Waals surface area contributed by atoms with Gasteiger partial charge >= 0.3 is 0 Å². The maximum absolute atomic E-state index is 13.2. The van der Waals surface area contributed by atoms with Crippen molar-refractivity contribution in [3.05, 3.63) is 95.0 Å². The molecule has 0 spiro atoms. The number of sulfonamides is 1. The van der Waals surface area contributed by atoms with Crippen LogP contribution < -0.4 is 9.62 Å². The van der Waals surface area contributed by atoms with Crippen LogP contribution in [0.5, 0.6) is 0 Å². The molecule has 0 bridgehead atoms. The predicted molar refractivity (Wildman–Crippen MR) is 120 cm³/mol. The molecular formula is C23H23ClN2O3S. The number of carbonyl (C=O) groups excluding carboxylic acids is 1. The van der Waals surface area contributed by atoms with Crippen molar-refractivity contribution in [2.75, 3.05) is 17.4 Å². The van der Waals surface area contributed by atoms with E-state index in [9.17, 15) is 13.2 Å². The van der Waals surface area contributed by atoms with Gasteiger partial charge < -0.3 is 5.32 Å². The number of para-hydroxylation sites is 1. The maximum atomic E-state index is 13.2. The molecule has 30 heavy (non-hydrogen) atoms. The summed E-state index contributed by atoms with van der Waals surface area (Å²) in [6, 6.07) is 22.6. The van der Waals surface area contributed by atoms with Gasteiger partial charge in [-0.15, -0.1) is 0 Å². The van der Waals surface area contributed by atoms with Gasteiger partial charge in [0.15, 0.2) is 0 Å². The van der Waals surface area contributed by atoms with Crippen LogP contribution >= 0.6 is 11.6 Å². The monoisotopic (exact) mass is 442 g/mol. The van der Waals surface area contributed by atoms with Crippen LogP contribution in [0, 0.1) is 6.92 Å². The summed E-state index contributed by atoms with van der Waals surface area (Å²) < 4.78 is 27.6. The van der Waals surface area contributed by atoms with Crippen LogP contribution in [0.15, 0.2) is 83.8 Å². The lowest BCUT2D eigenvalue weighted by molar-refractivity contribution is -0.119. The van der Waals surface area contributed by atoms with E-state index >= 15 is 0 Å². The van der Waals surface area contributed by atoms with Gasteiger partial charge in [0.2, 0.25) is 5.91 Å². The summed E-state index contributed by atoms with van der Waals surface area (Å²) in [5, 5.41) is 3.46. The van der Waals surface area contributed by atoms with Crippen LogP contribution in [0.3, 0.4) is 0 Å². The molecule has 3 aromatic rings. The van der Waals surface area contributed by atoms with Gasteiger partial charge in [0.25, 0.3) is 10.0 Å². The first-order valence-corrected chi connectivity index (χ1v) is 11.3. The number of hydrogen-bond acceptors (Lipinski definition) is 3. The van der Waals surface area contributed by atoms with Crippen LogP contribution in [0.4, 0.5) is 5.69 Å². The molecule has 0 atom stereocenters. The first-order chi connectivity index (χ1) is 14.4. The summed E-state index contributed by atoms with van der Waals surface area (Å²) in [5.74, 6) is -0.372. The van der Waals surface area contributed by atoms with Gasteiger partial charge in [0.05, 0.1) is 10.6 Å². The number of hydrogen-bond donors (Lipinski definition) is 1. The van der Waals surface area contributed by atoms with Crippen molar-refractivity contribution in [1.29, 1.82) is 0 Å². The molecular weight excluding hydrogens is 420 g/mol. The molecule has 0 aliphatic heterocycles. The Balaban J connectivity index is 1.73. The fraction of sp³-hybridized carbons (Fsp3) is 0.174. The molecule has 0 heterocycles. The van der Waals surface area contributed by atoms with E-state index in [1.165, 1.54) is 0 Å². The summed E-state index contributed by atoms with van der Waals surface area (Å²) >= 11 is 5.88. The second-order valence-corrected chi connectivity index (χ2v) is 9.19. The van der Waals surface area contributed by atoms with Crippen LogP contribution in [-0.4, -0.2) is 27.4 Å². The van der Waals surface area contributed by atoms with Crippen LogP contribution in [0.1, 0.15) is 11.1 Å². The zero-order valence-corrected chi connectivity index (χ0v) is 18.2. The normalized spacial score (nSPS) is 11.1. The van der Waals surface area contributed by atoms with E-state index in [-0.39, 0.29) is 17.3 Å². The summed E-state index contributed by atoms with van der Waals surface area (Å²) in [4.78, 5) is 12.7. The fourth-order valence-corrected chi connectivity index (χ4v) is 4.48. The van der Waals surface area contributed by atoms with Gasteiger partial charge in [0, 0.05) is 11.6 Å². The van der Waals surface area contributed by atoms with Gasteiger partial charge in [-0.25, -0.2) is 8.42 Å². The molecule has 0 unspecified atom stereocenters. The number of aryl methyl sites for hydroxylation is 1. The number of anilines is 1. The molecule has 3 rings (SSSR count). The molecule has 0 radical (unpaired) electrons. The minimum Gasteiger partial charge on any atom is -0.354 e. The molecule has 0 fully saturated rings. The van der Waals surface area contributed by atoms with Crippen molar-refractivity contribution in [2.45, 2.75) is 18.2 Å². The smallest absolute Gasteiger partial charge is 0.264 e. The van der Waals surface area contributed by atoms with Crippen molar-refractivity contribution >= 4 is 33.2 Å². The highest BCUT2D eigenvalue weighted by atomic mass is 35.5. The number of amides is 1. The summed E-state index contributed by atoms with van der Waals surface area (Å²) in [6.07, 6.45) is 0.624. The van der Waals surface area contributed by atoms with E-state index in [4.69, 9.17) is 11.6 Å². The SMILES string of the molecule is Cc1ccc(S(=O)(=O)N(CC(=O)NCCc2ccc(Cl)cc2)c2ccccc2)cc1. The van der Waals surface area contributed by atoms with Crippen molar-refractivity contribution in [3.8, 4) is 0 Å². The lowest BCUT2D eigenvalue weighted by atomic mass is 10.1. The quantitative estimate of drug-likeness (QED) is 0.568. The third kappa shape index (κ3) is 5.62. The molecule has 156 valence electrons. The van der Waals surface area contributed by atoms with E-state index in [1.807, 2.05) is 19.1 Å². The largest absolute Gasteiger partial charge is 0.354 e. The Hall–Kier alpha value is -2.83. The number of benzene rings is 3. The number of rotatable bonds is 8. The highest BCUT2D eigenvalue weighted by Gasteiger charge is 2.26. The van der Waals surface area contributed by atoms with E-state index in [0.29, 0.717) is 23.7 Å². The Kier molecular flexibility index (Phi) is 7.13. The molecule has 0 aromatic heterocycles. The molecule has 0 saturated heterocycles. The average molecular weight is 443 g/mol. The third-order valence-electron chi connectivity index (χ3n) is 4.59. The number of halogens is 1. The fourth-order valence-electron chi connectivity index (χ4n) is 2.93. The van der Waals surface area contributed by atoms with Crippen LogP contribution in [-0.2, 0) is 21.2 Å². The van der Waals surface area contributed by atoms with Crippen molar-refractivity contribution in [1.82, 2.24) is 5.32 Å². The number of nitrogens with one attached hydrogen (secondary N) is 1. The number of carbonyl (C=O) groups is 1. The lowest BCUT2D eigenvalue weighted by Gasteiger charge is -2.24. The van der Waals surface area contributed by atoms with Crippen molar-refractivity contribution in [2.24, 2.45) is 0 Å². The topological polar surface area (TPSA) is 66.5 Å². The lowest BCUT2D eigenvalue weighted by Crippen LogP contribution is -2.41. The molecule has 3 aromatic carbocycles. The van der Waals surface area contributed by atoms with Crippen LogP contribution in [0.25, 0.3) is 0 Å². The Bertz CT molecular complexity index is 1080. The third-order valence-corrected chi connectivity index (χ3v) is 6.63. The Morgan fingerprint density at radius 1 is 0.933 bits per heavy atom. The Morgan fingerprint density at radius 2 is 1.57 bits per heavy atom. The first-order valence-electron chi connectivity index (χ1n) is 9.52. The minimum atomic E-state index is -3.89. The minimum absolute atomic E-state index is 0.144. The maximum Gasteiger partial charge on any atom is 0.264 e. The molecule has 7 heteroatoms. The molecule has 0 aliphatic rings. The van der Waals surface area contributed by atoms with Crippen molar-refractivity contribution < 1.29 is 13.2 Å².